The Morgan fingerprint density at radius 1 is 0.608 bits per heavy atom. The van der Waals surface area contributed by atoms with E-state index >= 15 is 0 Å². The third kappa shape index (κ3) is 8.95. The Morgan fingerprint density at radius 3 is 1.33 bits per heavy atom. The molecule has 2 fully saturated rings. The highest BCUT2D eigenvalue weighted by molar-refractivity contribution is 6.00. The van der Waals surface area contributed by atoms with Gasteiger partial charge in [-0.2, -0.15) is 0 Å². The van der Waals surface area contributed by atoms with Gasteiger partial charge in [0.15, 0.2) is 5.78 Å². The van der Waals surface area contributed by atoms with Crippen LogP contribution < -0.4 is 0 Å². The summed E-state index contributed by atoms with van der Waals surface area (Å²) in [5.41, 5.74) is 3.34. The van der Waals surface area contributed by atoms with Crippen molar-refractivity contribution in [1.82, 2.24) is 9.80 Å². The number of carbonyl (C=O) groups is 5. The van der Waals surface area contributed by atoms with Crippen LogP contribution in [0.2, 0.25) is 0 Å². The Morgan fingerprint density at radius 2 is 0.961 bits per heavy atom. The molecular formula is C41H44N2O8. The molecule has 3 atom stereocenters. The summed E-state index contributed by atoms with van der Waals surface area (Å²) in [6, 6.07) is 36.1. The fourth-order valence-electron chi connectivity index (χ4n) is 6.55. The molecule has 0 radical (unpaired) electrons. The number of carbonyl (C=O) groups excluding carboxylic acids is 5. The van der Waals surface area contributed by atoms with Crippen LogP contribution in [0, 0.1) is 0 Å². The summed E-state index contributed by atoms with van der Waals surface area (Å²) in [7, 11) is 2.56. The van der Waals surface area contributed by atoms with Crippen molar-refractivity contribution in [3.05, 3.63) is 144 Å². The van der Waals surface area contributed by atoms with Crippen molar-refractivity contribution in [2.45, 2.75) is 50.3 Å². The van der Waals surface area contributed by atoms with Crippen molar-refractivity contribution < 1.29 is 38.6 Å². The van der Waals surface area contributed by atoms with E-state index in [1.54, 1.807) is 0 Å². The van der Waals surface area contributed by atoms with Crippen LogP contribution in [-0.2, 0) is 33.4 Å². The lowest BCUT2D eigenvalue weighted by Gasteiger charge is -2.28. The molecule has 1 N–H and O–H groups in total. The molecule has 2 amide bonds. The minimum Gasteiger partial charge on any atom is -0.467 e. The molecule has 10 heteroatoms. The lowest BCUT2D eigenvalue weighted by Crippen LogP contribution is -2.43. The Hall–Kier alpha value is -5.61. The van der Waals surface area contributed by atoms with Gasteiger partial charge in [-0.1, -0.05) is 129 Å². The van der Waals surface area contributed by atoms with E-state index in [0.29, 0.717) is 0 Å². The predicted octanol–water partition coefficient (Wildman–Crippen LogP) is 4.75. The average Bonchev–Trinajstić information content (AvgIpc) is 3.75. The molecule has 0 bridgehead atoms. The van der Waals surface area contributed by atoms with Gasteiger partial charge in [-0.05, 0) is 22.3 Å². The predicted molar refractivity (Wildman–Crippen MR) is 191 cm³/mol. The molecule has 0 aliphatic carbocycles. The van der Waals surface area contributed by atoms with Gasteiger partial charge in [-0.15, -0.1) is 0 Å². The van der Waals surface area contributed by atoms with Crippen LogP contribution in [0.5, 0.6) is 0 Å². The van der Waals surface area contributed by atoms with Crippen LogP contribution in [0.3, 0.4) is 0 Å². The Balaban J connectivity index is 0.000000224. The summed E-state index contributed by atoms with van der Waals surface area (Å²) in [4.78, 5) is 65.3. The fourth-order valence-corrected chi connectivity index (χ4v) is 6.55. The van der Waals surface area contributed by atoms with E-state index in [0.717, 1.165) is 22.3 Å². The van der Waals surface area contributed by atoms with Gasteiger partial charge in [0.25, 0.3) is 0 Å². The van der Waals surface area contributed by atoms with Gasteiger partial charge in [-0.25, -0.2) is 9.59 Å². The second-order valence-corrected chi connectivity index (χ2v) is 12.2. The molecule has 0 aromatic heterocycles. The Labute approximate surface area is 298 Å². The van der Waals surface area contributed by atoms with E-state index in [9.17, 15) is 29.1 Å². The lowest BCUT2D eigenvalue weighted by atomic mass is 9.90. The van der Waals surface area contributed by atoms with E-state index in [2.05, 4.69) is 0 Å². The summed E-state index contributed by atoms with van der Waals surface area (Å²) in [5, 5.41) is 9.98. The summed E-state index contributed by atoms with van der Waals surface area (Å²) in [5.74, 6) is -2.75. The van der Waals surface area contributed by atoms with E-state index < -0.39 is 42.0 Å². The van der Waals surface area contributed by atoms with Gasteiger partial charge < -0.3 is 24.4 Å². The lowest BCUT2D eigenvalue weighted by molar-refractivity contribution is -0.151. The monoisotopic (exact) mass is 692 g/mol. The molecule has 2 heterocycles. The van der Waals surface area contributed by atoms with E-state index in [4.69, 9.17) is 9.47 Å². The molecule has 4 aromatic rings. The van der Waals surface area contributed by atoms with Crippen LogP contribution in [-0.4, -0.2) is 89.9 Å². The number of esters is 2. The van der Waals surface area contributed by atoms with Crippen molar-refractivity contribution in [3.63, 3.8) is 0 Å². The quantitative estimate of drug-likeness (QED) is 0.262. The molecular weight excluding hydrogens is 648 g/mol. The molecule has 0 unspecified atom stereocenters. The Bertz CT molecular complexity index is 1690. The van der Waals surface area contributed by atoms with E-state index in [1.165, 1.54) is 24.0 Å². The summed E-state index contributed by atoms with van der Waals surface area (Å²) >= 11 is 0. The van der Waals surface area contributed by atoms with E-state index in [-0.39, 0.29) is 51.0 Å². The first-order valence-electron chi connectivity index (χ1n) is 16.4. The number of ketones is 1. The first-order chi connectivity index (χ1) is 24.2. The summed E-state index contributed by atoms with van der Waals surface area (Å²) in [6.45, 7) is 0.0730. The minimum atomic E-state index is -0.847. The molecule has 266 valence electrons. The number of benzene rings is 4. The zero-order chi connectivity index (χ0) is 35.6. The molecule has 4 aromatic carbocycles. The molecule has 51 heavy (non-hydrogen) atoms. The number of rotatable bonds is 8. The number of methoxy groups -OCH3 is 2. The highest BCUT2D eigenvalue weighted by atomic mass is 16.5. The van der Waals surface area contributed by atoms with Gasteiger partial charge in [0.1, 0.15) is 12.1 Å². The van der Waals surface area contributed by atoms with Crippen molar-refractivity contribution >= 4 is 29.5 Å². The molecule has 2 saturated heterocycles. The number of aliphatic hydroxyl groups is 1. The first-order valence-corrected chi connectivity index (χ1v) is 16.4. The van der Waals surface area contributed by atoms with Gasteiger partial charge in [-0.3, -0.25) is 14.4 Å². The smallest absolute Gasteiger partial charge is 0.329 e. The highest BCUT2D eigenvalue weighted by Gasteiger charge is 2.43. The molecule has 10 nitrogen and oxygen atoms in total. The number of β-amino-alcohol motifs (C(OH)–C–C–N with tert-alkyl or cyclic N) is 1. The highest BCUT2D eigenvalue weighted by Crippen LogP contribution is 2.32. The van der Waals surface area contributed by atoms with Crippen LogP contribution in [0.15, 0.2) is 121 Å². The summed E-state index contributed by atoms with van der Waals surface area (Å²) < 4.78 is 9.58. The van der Waals surface area contributed by atoms with Gasteiger partial charge in [0.2, 0.25) is 11.8 Å². The van der Waals surface area contributed by atoms with Crippen molar-refractivity contribution in [2.75, 3.05) is 27.3 Å². The maximum atomic E-state index is 13.3. The number of Topliss-reactive ketones (excluding diaryl/α,β-unsaturated/α-hetero) is 1. The third-order valence-electron chi connectivity index (χ3n) is 8.96. The topological polar surface area (TPSA) is 131 Å². The average molecular weight is 693 g/mol. The van der Waals surface area contributed by atoms with Gasteiger partial charge in [0, 0.05) is 19.4 Å². The van der Waals surface area contributed by atoms with Crippen LogP contribution in [0.25, 0.3) is 0 Å². The zero-order valence-electron chi connectivity index (χ0n) is 28.0. The molecule has 2 aliphatic rings. The second-order valence-electron chi connectivity index (χ2n) is 12.2. The first kappa shape index (κ1) is 38.2. The number of hydrogen-bond donors (Lipinski definition) is 1. The number of aliphatic hydroxyl groups excluding tert-OH is 1. The summed E-state index contributed by atoms with van der Waals surface area (Å²) in [6.07, 6.45) is -0.510. The maximum absolute atomic E-state index is 13.3. The van der Waals surface area contributed by atoms with Crippen LogP contribution in [0.1, 0.15) is 54.4 Å². The Kier molecular flexibility index (Phi) is 13.4. The van der Waals surface area contributed by atoms with E-state index in [1.807, 2.05) is 121 Å². The van der Waals surface area contributed by atoms with Crippen LogP contribution >= 0.6 is 0 Å². The number of likely N-dealkylation sites (tertiary alicyclic amines) is 2. The number of hydrogen-bond acceptors (Lipinski definition) is 8. The van der Waals surface area contributed by atoms with Crippen molar-refractivity contribution in [1.29, 1.82) is 0 Å². The van der Waals surface area contributed by atoms with Gasteiger partial charge >= 0.3 is 11.9 Å². The van der Waals surface area contributed by atoms with Gasteiger partial charge in [0.05, 0.1) is 38.7 Å². The molecule has 0 spiro atoms. The maximum Gasteiger partial charge on any atom is 0.329 e. The zero-order valence-corrected chi connectivity index (χ0v) is 28.0. The second kappa shape index (κ2) is 17.9. The number of ether oxygens (including phenoxy) is 2. The fraction of sp³-hybridized carbons (Fsp3) is 0.293. The third-order valence-corrected chi connectivity index (χ3v) is 8.96. The molecule has 6 rings (SSSR count). The SMILES string of the molecule is C.COC(=O)[C@@H]1CC(=O)CN1C(=O)C(c1ccccc1)c1ccccc1.COC(=O)[C@@H]1C[C@@H](O)CN1C(=O)C(c1ccccc1)c1ccccc1. The number of nitrogens with zero attached hydrogens (tertiary/aromatic N) is 2. The largest absolute Gasteiger partial charge is 0.467 e. The van der Waals surface area contributed by atoms with Crippen molar-refractivity contribution in [3.8, 4) is 0 Å². The minimum absolute atomic E-state index is 0. The van der Waals surface area contributed by atoms with Crippen molar-refractivity contribution in [2.24, 2.45) is 0 Å². The van der Waals surface area contributed by atoms with Crippen LogP contribution in [0.4, 0.5) is 0 Å². The molecule has 2 aliphatic heterocycles. The molecule has 0 saturated carbocycles. The standard InChI is InChI=1S/C20H21NO4.C20H19NO4.CH4/c2*1-25-20(24)17-12-16(22)13-21(17)19(23)18(14-8-4-2-5-9-14)15-10-6-3-7-11-15;/h2-11,16-18,22H,12-13H2,1H3;2-11,17-18H,12-13H2,1H3;1H4/t16-,17+;17-;/m10./s1. The number of amides is 2. The normalized spacial score (nSPS) is 18.1.